The van der Waals surface area contributed by atoms with Gasteiger partial charge < -0.3 is 9.72 Å². The number of nitrogens with zero attached hydrogens (tertiary/aromatic N) is 3. The molecule has 6 nitrogen and oxygen atoms in total. The summed E-state index contributed by atoms with van der Waals surface area (Å²) in [6.07, 6.45) is -0.613. The highest BCUT2D eigenvalue weighted by Gasteiger charge is 2.23. The molecule has 2 heterocycles. The third-order valence-electron chi connectivity index (χ3n) is 3.73. The smallest absolute Gasteiger partial charge is 0.421 e. The molecular formula is C19H14Cl6N4O2. The molecule has 31 heavy (non-hydrogen) atoms. The van der Waals surface area contributed by atoms with E-state index in [1.54, 1.807) is 39.0 Å². The van der Waals surface area contributed by atoms with Crippen molar-refractivity contribution in [1.29, 1.82) is 0 Å². The fourth-order valence-corrected chi connectivity index (χ4v) is 3.58. The summed E-state index contributed by atoms with van der Waals surface area (Å²) in [6.45, 7) is 5.30. The van der Waals surface area contributed by atoms with E-state index in [0.717, 1.165) is 15.6 Å². The van der Waals surface area contributed by atoms with Crippen molar-refractivity contribution >= 4 is 97.8 Å². The first-order valence-corrected chi connectivity index (χ1v) is 10.9. The fourth-order valence-electron chi connectivity index (χ4n) is 2.50. The van der Waals surface area contributed by atoms with E-state index < -0.39 is 11.7 Å². The number of ether oxygens (including phenoxy) is 1. The number of aromatic amines is 1. The highest BCUT2D eigenvalue weighted by molar-refractivity contribution is 6.43. The van der Waals surface area contributed by atoms with Gasteiger partial charge in [0.1, 0.15) is 5.60 Å². The molecule has 0 saturated carbocycles. The van der Waals surface area contributed by atoms with Crippen LogP contribution in [0.4, 0.5) is 4.79 Å². The molecule has 0 unspecified atom stereocenters. The summed E-state index contributed by atoms with van der Waals surface area (Å²) in [5, 5.41) is 1.97. The van der Waals surface area contributed by atoms with Gasteiger partial charge in [0.2, 0.25) is 10.6 Å². The highest BCUT2D eigenvalue weighted by atomic mass is 35.5. The third-order valence-corrected chi connectivity index (χ3v) is 5.60. The van der Waals surface area contributed by atoms with Crippen LogP contribution in [0.15, 0.2) is 24.3 Å². The lowest BCUT2D eigenvalue weighted by atomic mass is 10.2. The predicted molar refractivity (Wildman–Crippen MR) is 128 cm³/mol. The molecule has 0 bridgehead atoms. The Morgan fingerprint density at radius 3 is 2.03 bits per heavy atom. The first kappa shape index (κ1) is 24.2. The molecule has 0 spiro atoms. The molecular weight excluding hydrogens is 529 g/mol. The molecule has 0 fully saturated rings. The van der Waals surface area contributed by atoms with E-state index in [0.29, 0.717) is 36.4 Å². The summed E-state index contributed by atoms with van der Waals surface area (Å²) in [6, 6.07) is 6.44. The van der Waals surface area contributed by atoms with E-state index >= 15 is 0 Å². The van der Waals surface area contributed by atoms with E-state index in [9.17, 15) is 4.79 Å². The van der Waals surface area contributed by atoms with Crippen LogP contribution in [-0.4, -0.2) is 31.2 Å². The molecule has 0 atom stereocenters. The van der Waals surface area contributed by atoms with E-state index in [-0.39, 0.29) is 5.28 Å². The van der Waals surface area contributed by atoms with Crippen LogP contribution in [-0.2, 0) is 4.74 Å². The summed E-state index contributed by atoms with van der Waals surface area (Å²) in [5.74, 6) is 0. The maximum atomic E-state index is 12.1. The number of rotatable bonds is 0. The topological polar surface area (TPSA) is 72.8 Å². The van der Waals surface area contributed by atoms with Gasteiger partial charge in [0.05, 0.1) is 42.2 Å². The molecule has 0 aliphatic heterocycles. The number of fused-ring (bicyclic) bond motifs is 2. The lowest BCUT2D eigenvalue weighted by Crippen LogP contribution is -2.27. The Morgan fingerprint density at radius 2 is 1.42 bits per heavy atom. The average Bonchev–Trinajstić information content (AvgIpc) is 3.12. The van der Waals surface area contributed by atoms with Gasteiger partial charge in [0.25, 0.3) is 0 Å². The number of carbonyl (C=O) groups is 1. The Balaban J connectivity index is 0.000000194. The number of halogens is 6. The number of hydrogen-bond donors (Lipinski definition) is 1. The SMILES string of the molecule is CC(C)(C)OC(=O)n1c(Cl)nc2cc(Cl)c(Cl)cc21.Clc1nc2cc(Cl)c(Cl)cc2[nH]1. The van der Waals surface area contributed by atoms with Crippen LogP contribution in [0.25, 0.3) is 22.1 Å². The quantitative estimate of drug-likeness (QED) is 0.242. The summed E-state index contributed by atoms with van der Waals surface area (Å²) < 4.78 is 6.42. The fraction of sp³-hybridized carbons (Fsp3) is 0.211. The van der Waals surface area contributed by atoms with Crippen molar-refractivity contribution in [2.75, 3.05) is 0 Å². The van der Waals surface area contributed by atoms with Crippen molar-refractivity contribution in [2.24, 2.45) is 0 Å². The second-order valence-corrected chi connectivity index (χ2v) is 9.59. The molecule has 2 aromatic carbocycles. The van der Waals surface area contributed by atoms with Crippen molar-refractivity contribution in [3.63, 3.8) is 0 Å². The van der Waals surface area contributed by atoms with Crippen LogP contribution >= 0.6 is 69.6 Å². The minimum atomic E-state index is -0.632. The molecule has 1 N–H and O–H groups in total. The normalized spacial score (nSPS) is 11.5. The van der Waals surface area contributed by atoms with Gasteiger partial charge in [-0.25, -0.2) is 19.3 Å². The zero-order valence-electron chi connectivity index (χ0n) is 16.2. The summed E-state index contributed by atoms with van der Waals surface area (Å²) in [4.78, 5) is 23.0. The number of H-pyrrole nitrogens is 1. The van der Waals surface area contributed by atoms with Gasteiger partial charge in [-0.15, -0.1) is 0 Å². The molecule has 4 rings (SSSR count). The van der Waals surface area contributed by atoms with Gasteiger partial charge in [0, 0.05) is 0 Å². The standard InChI is InChI=1S/C12H11Cl3N2O2.C7H3Cl3N2/c1-12(2,3)19-11(18)17-9-5-7(14)6(13)4-8(9)16-10(17)15;8-3-1-5-6(2-4(3)9)12-7(10)11-5/h4-5H,1-3H3;1-2H,(H,11,12). The van der Waals surface area contributed by atoms with E-state index in [1.165, 1.54) is 6.07 Å². The molecule has 0 aliphatic carbocycles. The monoisotopic (exact) mass is 540 g/mol. The zero-order chi connectivity index (χ0) is 23.1. The van der Waals surface area contributed by atoms with Gasteiger partial charge >= 0.3 is 6.09 Å². The highest BCUT2D eigenvalue weighted by Crippen LogP contribution is 2.30. The van der Waals surface area contributed by atoms with Crippen LogP contribution in [0.3, 0.4) is 0 Å². The third kappa shape index (κ3) is 5.69. The number of aromatic nitrogens is 4. The van der Waals surface area contributed by atoms with Crippen molar-refractivity contribution in [1.82, 2.24) is 19.5 Å². The average molecular weight is 543 g/mol. The maximum absolute atomic E-state index is 12.1. The Labute approximate surface area is 207 Å². The Kier molecular flexibility index (Phi) is 7.21. The number of carbonyl (C=O) groups excluding carboxylic acids is 1. The largest absolute Gasteiger partial charge is 0.443 e. The zero-order valence-corrected chi connectivity index (χ0v) is 20.8. The van der Waals surface area contributed by atoms with Crippen molar-refractivity contribution < 1.29 is 9.53 Å². The van der Waals surface area contributed by atoms with E-state index in [2.05, 4.69) is 15.0 Å². The first-order valence-electron chi connectivity index (χ1n) is 8.62. The summed E-state index contributed by atoms with van der Waals surface area (Å²) in [5.41, 5.74) is 1.80. The molecule has 12 heteroatoms. The van der Waals surface area contributed by atoms with E-state index in [4.69, 9.17) is 74.3 Å². The molecule has 2 aromatic heterocycles. The van der Waals surface area contributed by atoms with Crippen LogP contribution in [0, 0.1) is 0 Å². The molecule has 0 radical (unpaired) electrons. The molecule has 0 aliphatic rings. The number of imidazole rings is 2. The molecule has 4 aromatic rings. The van der Waals surface area contributed by atoms with Crippen LogP contribution in [0.1, 0.15) is 20.8 Å². The first-order chi connectivity index (χ1) is 14.4. The lowest BCUT2D eigenvalue weighted by molar-refractivity contribution is 0.0544. The second-order valence-electron chi connectivity index (χ2n) is 7.26. The number of nitrogens with one attached hydrogen (secondary N) is 1. The van der Waals surface area contributed by atoms with Gasteiger partial charge in [-0.1, -0.05) is 46.4 Å². The van der Waals surface area contributed by atoms with E-state index in [1.807, 2.05) is 0 Å². The Hall–Kier alpha value is -1.41. The Morgan fingerprint density at radius 1 is 0.871 bits per heavy atom. The summed E-state index contributed by atoms with van der Waals surface area (Å²) >= 11 is 35.0. The van der Waals surface area contributed by atoms with Gasteiger partial charge in [0.15, 0.2) is 0 Å². The van der Waals surface area contributed by atoms with Crippen molar-refractivity contribution in [3.05, 3.63) is 54.9 Å². The Bertz CT molecular complexity index is 1250. The summed E-state index contributed by atoms with van der Waals surface area (Å²) in [7, 11) is 0. The van der Waals surface area contributed by atoms with Crippen LogP contribution in [0.2, 0.25) is 30.7 Å². The minimum Gasteiger partial charge on any atom is -0.443 e. The number of benzene rings is 2. The second kappa shape index (κ2) is 9.22. The predicted octanol–water partition coefficient (Wildman–Crippen LogP) is 8.30. The van der Waals surface area contributed by atoms with Gasteiger partial charge in [-0.3, -0.25) is 0 Å². The molecule has 164 valence electrons. The minimum absolute atomic E-state index is 0.00239. The van der Waals surface area contributed by atoms with Crippen LogP contribution in [0.5, 0.6) is 0 Å². The van der Waals surface area contributed by atoms with Crippen LogP contribution < -0.4 is 0 Å². The van der Waals surface area contributed by atoms with Crippen molar-refractivity contribution in [2.45, 2.75) is 26.4 Å². The number of hydrogen-bond acceptors (Lipinski definition) is 4. The molecule has 0 amide bonds. The van der Waals surface area contributed by atoms with Gasteiger partial charge in [-0.05, 0) is 68.2 Å². The molecule has 0 saturated heterocycles. The lowest BCUT2D eigenvalue weighted by Gasteiger charge is -2.19. The maximum Gasteiger partial charge on any atom is 0.421 e. The van der Waals surface area contributed by atoms with Crippen molar-refractivity contribution in [3.8, 4) is 0 Å². The van der Waals surface area contributed by atoms with Gasteiger partial charge in [-0.2, -0.15) is 0 Å².